The normalized spacial score (nSPS) is 24.8. The zero-order valence-electron chi connectivity index (χ0n) is 25.8. The number of halogens is 5. The first-order chi connectivity index (χ1) is 22.3. The first-order valence-corrected chi connectivity index (χ1v) is 15.7. The van der Waals surface area contributed by atoms with Crippen molar-refractivity contribution in [2.45, 2.75) is 101 Å². The summed E-state index contributed by atoms with van der Waals surface area (Å²) in [5, 5.41) is 13.9. The van der Waals surface area contributed by atoms with Crippen LogP contribution in [0.1, 0.15) is 98.1 Å². The lowest BCUT2D eigenvalue weighted by molar-refractivity contribution is -0.237. The Balaban J connectivity index is 1.37. The van der Waals surface area contributed by atoms with Gasteiger partial charge in [0.1, 0.15) is 12.4 Å². The van der Waals surface area contributed by atoms with E-state index in [4.69, 9.17) is 14.5 Å². The summed E-state index contributed by atoms with van der Waals surface area (Å²) in [5.41, 5.74) is 0.917. The molecule has 18 heteroatoms. The van der Waals surface area contributed by atoms with Gasteiger partial charge in [-0.05, 0) is 45.4 Å². The maximum Gasteiger partial charge on any atom is 0.416 e. The van der Waals surface area contributed by atoms with Crippen molar-refractivity contribution < 1.29 is 41.0 Å². The molecule has 3 fully saturated rings. The average molecular weight is 670 g/mol. The fourth-order valence-electron chi connectivity index (χ4n) is 6.52. The largest absolute Gasteiger partial charge is 0.416 e. The minimum absolute atomic E-state index is 0.0135. The number of alkyl halides is 5. The van der Waals surface area contributed by atoms with Crippen LogP contribution >= 0.6 is 0 Å². The van der Waals surface area contributed by atoms with Crippen molar-refractivity contribution in [3.05, 3.63) is 35.4 Å². The molecule has 4 atom stereocenters. The number of imidazole rings is 1. The van der Waals surface area contributed by atoms with Gasteiger partial charge >= 0.3 is 6.18 Å². The van der Waals surface area contributed by atoms with Crippen LogP contribution in [0, 0.1) is 5.92 Å². The average Bonchev–Trinajstić information content (AvgIpc) is 3.67. The summed E-state index contributed by atoms with van der Waals surface area (Å²) in [6, 6.07) is -1.16. The van der Waals surface area contributed by atoms with E-state index in [0.717, 1.165) is 0 Å². The molecule has 1 aliphatic carbocycles. The zero-order chi connectivity index (χ0) is 33.5. The Hall–Kier alpha value is -3.80. The molecule has 2 aliphatic heterocycles. The number of nitrogens with one attached hydrogen (secondary N) is 2. The molecule has 0 bridgehead atoms. The Morgan fingerprint density at radius 1 is 1.19 bits per heavy atom. The number of ether oxygens (including phenoxy) is 2. The monoisotopic (exact) mass is 669 g/mol. The Morgan fingerprint density at radius 2 is 1.96 bits per heavy atom. The van der Waals surface area contributed by atoms with Crippen LogP contribution in [0.4, 0.5) is 22.0 Å². The van der Waals surface area contributed by atoms with Crippen molar-refractivity contribution in [2.75, 3.05) is 19.8 Å². The van der Waals surface area contributed by atoms with E-state index in [1.807, 2.05) is 13.8 Å². The number of carbonyl (C=O) groups is 2. The molecule has 0 spiro atoms. The number of morpholine rings is 1. The van der Waals surface area contributed by atoms with Gasteiger partial charge in [-0.2, -0.15) is 23.4 Å². The van der Waals surface area contributed by atoms with Gasteiger partial charge in [-0.1, -0.05) is 0 Å². The van der Waals surface area contributed by atoms with Crippen LogP contribution < -0.4 is 10.6 Å². The molecule has 0 aromatic carbocycles. The summed E-state index contributed by atoms with van der Waals surface area (Å²) in [6.07, 6.45) is -4.89. The molecule has 3 aliphatic rings. The van der Waals surface area contributed by atoms with E-state index in [1.54, 1.807) is 0 Å². The molecular formula is C29H36F5N9O4. The number of aromatic nitrogens is 7. The molecule has 1 saturated carbocycles. The summed E-state index contributed by atoms with van der Waals surface area (Å²) >= 11 is 0. The highest BCUT2D eigenvalue weighted by molar-refractivity contribution is 5.91. The summed E-state index contributed by atoms with van der Waals surface area (Å²) < 4.78 is 83.1. The van der Waals surface area contributed by atoms with Gasteiger partial charge in [0.15, 0.2) is 6.10 Å². The van der Waals surface area contributed by atoms with Crippen molar-refractivity contribution in [1.82, 2.24) is 45.0 Å². The van der Waals surface area contributed by atoms with Gasteiger partial charge in [0, 0.05) is 44.4 Å². The Labute approximate surface area is 266 Å². The van der Waals surface area contributed by atoms with Crippen molar-refractivity contribution in [1.29, 1.82) is 0 Å². The van der Waals surface area contributed by atoms with Gasteiger partial charge in [-0.3, -0.25) is 9.59 Å². The van der Waals surface area contributed by atoms with Crippen LogP contribution in [-0.4, -0.2) is 90.2 Å². The highest BCUT2D eigenvalue weighted by Gasteiger charge is 2.46. The molecule has 2 saturated heterocycles. The minimum atomic E-state index is -4.68. The topological polar surface area (TPSA) is 150 Å². The van der Waals surface area contributed by atoms with Crippen LogP contribution in [-0.2, 0) is 20.7 Å². The highest BCUT2D eigenvalue weighted by atomic mass is 19.4. The smallest absolute Gasteiger partial charge is 0.381 e. The predicted octanol–water partition coefficient (Wildman–Crippen LogP) is 3.48. The lowest BCUT2D eigenvalue weighted by Crippen LogP contribution is -2.55. The fourth-order valence-corrected chi connectivity index (χ4v) is 6.52. The SMILES string of the molecule is CC(C)n1ncnc1C(=O)N[C@H](c1cn2nc(CC3OC(C(F)(F)F)CNC3=O)c(C3CCOCC3)nc2n1)[C@H]1CCCC(F)(F)C1. The van der Waals surface area contributed by atoms with E-state index in [0.29, 0.717) is 38.2 Å². The number of nitrogens with zero attached hydrogens (tertiary/aromatic N) is 7. The molecule has 47 heavy (non-hydrogen) atoms. The van der Waals surface area contributed by atoms with Gasteiger partial charge < -0.3 is 20.1 Å². The second kappa shape index (κ2) is 13.0. The Bertz CT molecular complexity index is 1600. The van der Waals surface area contributed by atoms with E-state index in [2.05, 4.69) is 30.8 Å². The molecule has 2 unspecified atom stereocenters. The molecule has 0 radical (unpaired) electrons. The molecule has 2 amide bonds. The van der Waals surface area contributed by atoms with Crippen LogP contribution in [0.3, 0.4) is 0 Å². The second-order valence-electron chi connectivity index (χ2n) is 12.6. The van der Waals surface area contributed by atoms with Gasteiger partial charge in [-0.25, -0.2) is 32.9 Å². The lowest BCUT2D eigenvalue weighted by Gasteiger charge is -2.34. The van der Waals surface area contributed by atoms with Crippen molar-refractivity contribution in [3.8, 4) is 0 Å². The van der Waals surface area contributed by atoms with Gasteiger partial charge in [0.2, 0.25) is 17.7 Å². The maximum atomic E-state index is 14.7. The van der Waals surface area contributed by atoms with E-state index in [-0.39, 0.29) is 54.2 Å². The molecule has 256 valence electrons. The second-order valence-corrected chi connectivity index (χ2v) is 12.6. The number of carbonyl (C=O) groups excluding carboxylic acids is 2. The van der Waals surface area contributed by atoms with Crippen LogP contribution in [0.25, 0.3) is 5.78 Å². The zero-order valence-corrected chi connectivity index (χ0v) is 25.8. The van der Waals surface area contributed by atoms with Gasteiger partial charge in [0.25, 0.3) is 11.7 Å². The maximum absolute atomic E-state index is 14.7. The van der Waals surface area contributed by atoms with E-state index in [9.17, 15) is 31.5 Å². The summed E-state index contributed by atoms with van der Waals surface area (Å²) in [4.78, 5) is 39.5. The summed E-state index contributed by atoms with van der Waals surface area (Å²) in [5.74, 6) is -4.99. The first kappa shape index (κ1) is 33.1. The van der Waals surface area contributed by atoms with E-state index in [1.165, 1.54) is 21.7 Å². The van der Waals surface area contributed by atoms with Crippen LogP contribution in [0.5, 0.6) is 0 Å². The third-order valence-corrected chi connectivity index (χ3v) is 8.89. The Kier molecular flexibility index (Phi) is 9.17. The van der Waals surface area contributed by atoms with Gasteiger partial charge in [0.05, 0.1) is 35.9 Å². The number of amides is 2. The molecule has 3 aromatic rings. The molecule has 5 heterocycles. The van der Waals surface area contributed by atoms with Crippen LogP contribution in [0.15, 0.2) is 12.5 Å². The molecule has 6 rings (SSSR count). The number of hydrogen-bond acceptors (Lipinski definition) is 9. The molecule has 13 nitrogen and oxygen atoms in total. The number of hydrogen-bond donors (Lipinski definition) is 2. The fraction of sp³-hybridized carbons (Fsp3) is 0.690. The highest BCUT2D eigenvalue weighted by Crippen LogP contribution is 2.42. The Morgan fingerprint density at radius 3 is 2.66 bits per heavy atom. The number of rotatable bonds is 8. The van der Waals surface area contributed by atoms with Crippen LogP contribution in [0.2, 0.25) is 0 Å². The van der Waals surface area contributed by atoms with Crippen molar-refractivity contribution in [2.24, 2.45) is 5.92 Å². The summed E-state index contributed by atoms with van der Waals surface area (Å²) in [6.45, 7) is 3.81. The molecule has 3 aromatic heterocycles. The minimum Gasteiger partial charge on any atom is -0.381 e. The number of fused-ring (bicyclic) bond motifs is 1. The lowest BCUT2D eigenvalue weighted by atomic mass is 9.80. The van der Waals surface area contributed by atoms with E-state index < -0.39 is 61.0 Å². The van der Waals surface area contributed by atoms with Crippen molar-refractivity contribution in [3.63, 3.8) is 0 Å². The van der Waals surface area contributed by atoms with E-state index >= 15 is 0 Å². The summed E-state index contributed by atoms with van der Waals surface area (Å²) in [7, 11) is 0. The predicted molar refractivity (Wildman–Crippen MR) is 153 cm³/mol. The quantitative estimate of drug-likeness (QED) is 0.344. The van der Waals surface area contributed by atoms with Gasteiger partial charge in [-0.15, -0.1) is 0 Å². The third-order valence-electron chi connectivity index (χ3n) is 8.89. The molecular weight excluding hydrogens is 633 g/mol. The third kappa shape index (κ3) is 7.22. The van der Waals surface area contributed by atoms with Crippen molar-refractivity contribution >= 4 is 17.6 Å². The first-order valence-electron chi connectivity index (χ1n) is 15.7. The molecule has 2 N–H and O–H groups in total. The standard InChI is InChI=1S/C29H36F5N9O4/c1-15(2)43-24(36-14-37-43)26(45)39-23(17-4-3-7-28(30,31)11-17)19-13-42-27(38-19)40-22(16-5-8-46-9-6-16)18(41-42)10-20-25(44)35-12-21(47-20)29(32,33)34/h13-17,20-21,23H,3-12H2,1-2H3,(H,35,44)(H,39,45)/t17-,20?,21?,23-/m0/s1.